The second kappa shape index (κ2) is 1.62. The molecule has 3 heteroatoms. The number of fused-ring (bicyclic) bond motifs is 1. The Morgan fingerprint density at radius 1 is 1.50 bits per heavy atom. The molecule has 52 valence electrons. The maximum atomic E-state index is 5.25. The standard InChI is InChI=1S/C7H8N2O/c1-4-3-6-7(8-4)9-5(2)10-6/h3,8H,1-2H3. The molecule has 0 bridgehead atoms. The summed E-state index contributed by atoms with van der Waals surface area (Å²) in [5.74, 6) is 0.709. The molecule has 0 fully saturated rings. The molecule has 0 saturated carbocycles. The second-order valence-electron chi connectivity index (χ2n) is 2.40. The summed E-state index contributed by atoms with van der Waals surface area (Å²) in [4.78, 5) is 7.19. The molecule has 2 rings (SSSR count). The van der Waals surface area contributed by atoms with Crippen LogP contribution in [-0.2, 0) is 0 Å². The Kier molecular flexibility index (Phi) is 0.897. The van der Waals surface area contributed by atoms with Gasteiger partial charge in [0.15, 0.2) is 17.1 Å². The van der Waals surface area contributed by atoms with Crippen LogP contribution >= 0.6 is 0 Å². The first kappa shape index (κ1) is 5.53. The number of oxazole rings is 1. The molecule has 10 heavy (non-hydrogen) atoms. The van der Waals surface area contributed by atoms with E-state index in [1.807, 2.05) is 19.9 Å². The van der Waals surface area contributed by atoms with Gasteiger partial charge in [-0.15, -0.1) is 0 Å². The lowest BCUT2D eigenvalue weighted by Crippen LogP contribution is -1.71. The van der Waals surface area contributed by atoms with E-state index >= 15 is 0 Å². The van der Waals surface area contributed by atoms with E-state index in [0.29, 0.717) is 5.89 Å². The molecule has 0 amide bonds. The average Bonchev–Trinajstić information content (AvgIpc) is 2.21. The van der Waals surface area contributed by atoms with Crippen molar-refractivity contribution in [2.24, 2.45) is 0 Å². The van der Waals surface area contributed by atoms with Gasteiger partial charge in [-0.05, 0) is 6.92 Å². The van der Waals surface area contributed by atoms with Gasteiger partial charge in [-0.3, -0.25) is 0 Å². The molecule has 0 aliphatic rings. The van der Waals surface area contributed by atoms with Crippen LogP contribution in [0.4, 0.5) is 0 Å². The van der Waals surface area contributed by atoms with Crippen LogP contribution in [0.25, 0.3) is 11.2 Å². The molecule has 0 radical (unpaired) electrons. The van der Waals surface area contributed by atoms with Crippen LogP contribution in [0, 0.1) is 13.8 Å². The quantitative estimate of drug-likeness (QED) is 0.599. The van der Waals surface area contributed by atoms with Crippen LogP contribution in [0.3, 0.4) is 0 Å². The molecule has 0 aliphatic heterocycles. The zero-order valence-corrected chi connectivity index (χ0v) is 5.93. The van der Waals surface area contributed by atoms with Gasteiger partial charge in [-0.2, -0.15) is 4.98 Å². The Morgan fingerprint density at radius 2 is 2.30 bits per heavy atom. The van der Waals surface area contributed by atoms with Crippen molar-refractivity contribution in [3.05, 3.63) is 17.7 Å². The number of nitrogens with zero attached hydrogens (tertiary/aromatic N) is 1. The highest BCUT2D eigenvalue weighted by molar-refractivity contribution is 5.69. The molecule has 0 aromatic carbocycles. The van der Waals surface area contributed by atoms with Crippen LogP contribution < -0.4 is 0 Å². The normalized spacial score (nSPS) is 11.0. The van der Waals surface area contributed by atoms with E-state index in [1.165, 1.54) is 0 Å². The van der Waals surface area contributed by atoms with Gasteiger partial charge < -0.3 is 9.40 Å². The Balaban J connectivity index is 2.83. The van der Waals surface area contributed by atoms with Crippen LogP contribution in [0.15, 0.2) is 10.5 Å². The van der Waals surface area contributed by atoms with E-state index < -0.39 is 0 Å². The largest absolute Gasteiger partial charge is 0.439 e. The van der Waals surface area contributed by atoms with Crippen molar-refractivity contribution in [3.63, 3.8) is 0 Å². The molecule has 0 spiro atoms. The molecule has 1 N–H and O–H groups in total. The summed E-state index contributed by atoms with van der Waals surface area (Å²) < 4.78 is 5.25. The van der Waals surface area contributed by atoms with Crippen molar-refractivity contribution >= 4 is 11.2 Å². The lowest BCUT2D eigenvalue weighted by atomic mass is 10.5. The Labute approximate surface area is 58.1 Å². The number of rotatable bonds is 0. The summed E-state index contributed by atoms with van der Waals surface area (Å²) >= 11 is 0. The minimum absolute atomic E-state index is 0.709. The number of hydrogen-bond donors (Lipinski definition) is 1. The highest BCUT2D eigenvalue weighted by Gasteiger charge is 2.02. The molecule has 2 aromatic heterocycles. The molecule has 0 saturated heterocycles. The summed E-state index contributed by atoms with van der Waals surface area (Å²) in [6.07, 6.45) is 0. The number of H-pyrrole nitrogens is 1. The highest BCUT2D eigenvalue weighted by atomic mass is 16.3. The number of nitrogens with one attached hydrogen (secondary N) is 1. The predicted octanol–water partition coefficient (Wildman–Crippen LogP) is 1.77. The smallest absolute Gasteiger partial charge is 0.193 e. The first-order valence-electron chi connectivity index (χ1n) is 3.18. The van der Waals surface area contributed by atoms with Gasteiger partial charge in [0.25, 0.3) is 0 Å². The third-order valence-electron chi connectivity index (χ3n) is 1.42. The van der Waals surface area contributed by atoms with Crippen molar-refractivity contribution in [3.8, 4) is 0 Å². The van der Waals surface area contributed by atoms with Crippen molar-refractivity contribution in [1.82, 2.24) is 9.97 Å². The van der Waals surface area contributed by atoms with Crippen molar-refractivity contribution in [2.45, 2.75) is 13.8 Å². The number of aryl methyl sites for hydroxylation is 2. The fraction of sp³-hybridized carbons (Fsp3) is 0.286. The van der Waals surface area contributed by atoms with E-state index in [1.54, 1.807) is 0 Å². The van der Waals surface area contributed by atoms with Crippen molar-refractivity contribution in [1.29, 1.82) is 0 Å². The number of aromatic amines is 1. The van der Waals surface area contributed by atoms with Crippen molar-refractivity contribution < 1.29 is 4.42 Å². The van der Waals surface area contributed by atoms with E-state index in [9.17, 15) is 0 Å². The predicted molar refractivity (Wildman–Crippen MR) is 37.8 cm³/mol. The lowest BCUT2D eigenvalue weighted by molar-refractivity contribution is 0.561. The summed E-state index contributed by atoms with van der Waals surface area (Å²) in [5, 5.41) is 0. The van der Waals surface area contributed by atoms with E-state index in [0.717, 1.165) is 16.9 Å². The maximum absolute atomic E-state index is 5.25. The highest BCUT2D eigenvalue weighted by Crippen LogP contribution is 2.14. The molecular formula is C7H8N2O. The van der Waals surface area contributed by atoms with E-state index in [-0.39, 0.29) is 0 Å². The maximum Gasteiger partial charge on any atom is 0.193 e. The third kappa shape index (κ3) is 0.635. The minimum Gasteiger partial charge on any atom is -0.439 e. The molecule has 2 aromatic rings. The number of hydrogen-bond acceptors (Lipinski definition) is 2. The molecular weight excluding hydrogens is 128 g/mol. The summed E-state index contributed by atoms with van der Waals surface area (Å²) in [6.45, 7) is 3.82. The Morgan fingerprint density at radius 3 is 3.00 bits per heavy atom. The molecule has 3 nitrogen and oxygen atoms in total. The average molecular weight is 136 g/mol. The van der Waals surface area contributed by atoms with Gasteiger partial charge in [0.2, 0.25) is 0 Å². The van der Waals surface area contributed by atoms with Crippen LogP contribution in [0.5, 0.6) is 0 Å². The van der Waals surface area contributed by atoms with Gasteiger partial charge in [0.05, 0.1) is 0 Å². The fourth-order valence-corrected chi connectivity index (χ4v) is 1.05. The number of aromatic nitrogens is 2. The first-order valence-corrected chi connectivity index (χ1v) is 3.18. The van der Waals surface area contributed by atoms with E-state index in [2.05, 4.69) is 9.97 Å². The van der Waals surface area contributed by atoms with Crippen molar-refractivity contribution in [2.75, 3.05) is 0 Å². The monoisotopic (exact) mass is 136 g/mol. The van der Waals surface area contributed by atoms with Gasteiger partial charge in [0.1, 0.15) is 0 Å². The van der Waals surface area contributed by atoms with Crippen LogP contribution in [0.1, 0.15) is 11.6 Å². The van der Waals surface area contributed by atoms with Gasteiger partial charge in [0, 0.05) is 18.7 Å². The van der Waals surface area contributed by atoms with E-state index in [4.69, 9.17) is 4.42 Å². The molecule has 0 unspecified atom stereocenters. The van der Waals surface area contributed by atoms with Gasteiger partial charge in [-0.25, -0.2) is 0 Å². The minimum atomic E-state index is 0.709. The molecule has 2 heterocycles. The SMILES string of the molecule is Cc1cc2oc(C)nc2[nH]1. The second-order valence-corrected chi connectivity index (χ2v) is 2.40. The zero-order chi connectivity index (χ0) is 7.14. The lowest BCUT2D eigenvalue weighted by Gasteiger charge is -1.77. The zero-order valence-electron chi connectivity index (χ0n) is 5.93. The Bertz CT molecular complexity index is 295. The third-order valence-corrected chi connectivity index (χ3v) is 1.42. The summed E-state index contributed by atoms with van der Waals surface area (Å²) in [7, 11) is 0. The molecule has 0 aliphatic carbocycles. The van der Waals surface area contributed by atoms with Gasteiger partial charge >= 0.3 is 0 Å². The summed E-state index contributed by atoms with van der Waals surface area (Å²) in [6, 6.07) is 1.94. The summed E-state index contributed by atoms with van der Waals surface area (Å²) in [5.41, 5.74) is 2.77. The molecule has 0 atom stereocenters. The van der Waals surface area contributed by atoms with Crippen LogP contribution in [0.2, 0.25) is 0 Å². The van der Waals surface area contributed by atoms with Crippen LogP contribution in [-0.4, -0.2) is 9.97 Å². The Hall–Kier alpha value is -1.25. The first-order chi connectivity index (χ1) is 4.75. The fourth-order valence-electron chi connectivity index (χ4n) is 1.05. The van der Waals surface area contributed by atoms with Gasteiger partial charge in [-0.1, -0.05) is 0 Å². The topological polar surface area (TPSA) is 41.8 Å².